The third-order valence-electron chi connectivity index (χ3n) is 4.92. The zero-order chi connectivity index (χ0) is 16.4. The number of nitrogens with one attached hydrogen (secondary N) is 3. The molecule has 1 saturated carbocycles. The van der Waals surface area contributed by atoms with E-state index in [9.17, 15) is 9.59 Å². The summed E-state index contributed by atoms with van der Waals surface area (Å²) in [5.41, 5.74) is 1.28. The molecule has 0 spiro atoms. The Balaban J connectivity index is 0.00000208. The topological polar surface area (TPSA) is 70.2 Å². The van der Waals surface area contributed by atoms with Gasteiger partial charge in [-0.2, -0.15) is 0 Å². The molecule has 1 heterocycles. The fraction of sp³-hybridized carbons (Fsp3) is 0.556. The van der Waals surface area contributed by atoms with Crippen LogP contribution in [0.1, 0.15) is 43.5 Å². The lowest BCUT2D eigenvalue weighted by atomic mass is 9.99. The van der Waals surface area contributed by atoms with E-state index in [2.05, 4.69) is 29.8 Å². The van der Waals surface area contributed by atoms with Crippen LogP contribution in [0.15, 0.2) is 24.3 Å². The number of hydrogen-bond acceptors (Lipinski definition) is 3. The Labute approximate surface area is 149 Å². The zero-order valence-corrected chi connectivity index (χ0v) is 15.0. The SMILES string of the molecule is CC1CC1C(=O)Nc1cccc(C(=O)NC2CCCNC2C)c1.Cl. The van der Waals surface area contributed by atoms with Crippen molar-refractivity contribution < 1.29 is 9.59 Å². The van der Waals surface area contributed by atoms with Gasteiger partial charge in [-0.15, -0.1) is 12.4 Å². The highest BCUT2D eigenvalue weighted by atomic mass is 35.5. The number of piperidine rings is 1. The summed E-state index contributed by atoms with van der Waals surface area (Å²) >= 11 is 0. The van der Waals surface area contributed by atoms with Crippen LogP contribution in [0.2, 0.25) is 0 Å². The molecule has 3 N–H and O–H groups in total. The first kappa shape index (κ1) is 18.7. The largest absolute Gasteiger partial charge is 0.348 e. The molecule has 0 bridgehead atoms. The molecule has 24 heavy (non-hydrogen) atoms. The smallest absolute Gasteiger partial charge is 0.251 e. The van der Waals surface area contributed by atoms with Gasteiger partial charge in [0.2, 0.25) is 5.91 Å². The van der Waals surface area contributed by atoms with Gasteiger partial charge in [0.1, 0.15) is 0 Å². The third-order valence-corrected chi connectivity index (χ3v) is 4.92. The second-order valence-electron chi connectivity index (χ2n) is 6.85. The van der Waals surface area contributed by atoms with Crippen molar-refractivity contribution in [3.05, 3.63) is 29.8 Å². The number of rotatable bonds is 4. The second-order valence-corrected chi connectivity index (χ2v) is 6.85. The number of benzene rings is 1. The van der Waals surface area contributed by atoms with Gasteiger partial charge in [0.25, 0.3) is 5.91 Å². The first-order valence-electron chi connectivity index (χ1n) is 8.50. The van der Waals surface area contributed by atoms with Crippen LogP contribution in [0.25, 0.3) is 0 Å². The molecule has 4 unspecified atom stereocenters. The highest BCUT2D eigenvalue weighted by Crippen LogP contribution is 2.38. The molecule has 0 radical (unpaired) electrons. The van der Waals surface area contributed by atoms with Crippen LogP contribution in [-0.4, -0.2) is 30.4 Å². The summed E-state index contributed by atoms with van der Waals surface area (Å²) < 4.78 is 0. The van der Waals surface area contributed by atoms with E-state index < -0.39 is 0 Å². The van der Waals surface area contributed by atoms with Gasteiger partial charge in [-0.1, -0.05) is 13.0 Å². The van der Waals surface area contributed by atoms with Crippen molar-refractivity contribution in [1.82, 2.24) is 10.6 Å². The van der Waals surface area contributed by atoms with Crippen molar-refractivity contribution in [2.75, 3.05) is 11.9 Å². The van der Waals surface area contributed by atoms with E-state index in [4.69, 9.17) is 0 Å². The maximum Gasteiger partial charge on any atom is 0.251 e. The molecule has 2 amide bonds. The number of carbonyl (C=O) groups is 2. The Kier molecular flexibility index (Phi) is 6.24. The highest BCUT2D eigenvalue weighted by Gasteiger charge is 2.39. The molecular weight excluding hydrogens is 326 g/mol. The number of carbonyl (C=O) groups excluding carboxylic acids is 2. The maximum atomic E-state index is 12.4. The van der Waals surface area contributed by atoms with Crippen LogP contribution in [0, 0.1) is 11.8 Å². The van der Waals surface area contributed by atoms with Gasteiger partial charge in [-0.25, -0.2) is 0 Å². The van der Waals surface area contributed by atoms with Gasteiger partial charge >= 0.3 is 0 Å². The monoisotopic (exact) mass is 351 g/mol. The predicted octanol–water partition coefficient (Wildman–Crippen LogP) is 2.57. The molecule has 1 aromatic carbocycles. The fourth-order valence-electron chi connectivity index (χ4n) is 3.15. The number of halogens is 1. The van der Waals surface area contributed by atoms with Crippen LogP contribution in [0.4, 0.5) is 5.69 Å². The summed E-state index contributed by atoms with van der Waals surface area (Å²) in [6.45, 7) is 5.18. The van der Waals surface area contributed by atoms with Crippen molar-refractivity contribution >= 4 is 29.9 Å². The molecule has 132 valence electrons. The minimum Gasteiger partial charge on any atom is -0.348 e. The molecule has 4 atom stereocenters. The molecule has 1 aliphatic carbocycles. The lowest BCUT2D eigenvalue weighted by Gasteiger charge is -2.30. The van der Waals surface area contributed by atoms with Crippen LogP contribution in [0.5, 0.6) is 0 Å². The van der Waals surface area contributed by atoms with E-state index in [-0.39, 0.29) is 42.2 Å². The average Bonchev–Trinajstić information content (AvgIpc) is 3.27. The standard InChI is InChI=1S/C18H25N3O2.ClH/c1-11-9-15(11)18(23)20-14-6-3-5-13(10-14)17(22)21-16-7-4-8-19-12(16)2;/h3,5-6,10-12,15-16,19H,4,7-9H2,1-2H3,(H,20,23)(H,21,22);1H. The molecular formula is C18H26ClN3O2. The van der Waals surface area contributed by atoms with Gasteiger partial charge in [-0.3, -0.25) is 9.59 Å². The van der Waals surface area contributed by atoms with E-state index >= 15 is 0 Å². The minimum atomic E-state index is -0.0820. The Bertz CT molecular complexity index is 608. The van der Waals surface area contributed by atoms with E-state index in [0.717, 1.165) is 25.8 Å². The minimum absolute atomic E-state index is 0. The summed E-state index contributed by atoms with van der Waals surface area (Å²) in [6, 6.07) is 7.61. The van der Waals surface area contributed by atoms with Crippen molar-refractivity contribution in [1.29, 1.82) is 0 Å². The first-order chi connectivity index (χ1) is 11.0. The second kappa shape index (κ2) is 7.99. The van der Waals surface area contributed by atoms with Crippen LogP contribution >= 0.6 is 12.4 Å². The number of amides is 2. The molecule has 1 aromatic rings. The highest BCUT2D eigenvalue weighted by molar-refractivity contribution is 5.98. The molecule has 1 saturated heterocycles. The first-order valence-corrected chi connectivity index (χ1v) is 8.50. The summed E-state index contributed by atoms with van der Waals surface area (Å²) in [6.07, 6.45) is 3.03. The van der Waals surface area contributed by atoms with Crippen molar-refractivity contribution in [2.24, 2.45) is 11.8 Å². The number of anilines is 1. The third kappa shape index (κ3) is 4.48. The van der Waals surface area contributed by atoms with Gasteiger partial charge in [0.15, 0.2) is 0 Å². The molecule has 1 aliphatic heterocycles. The molecule has 5 nitrogen and oxygen atoms in total. The Morgan fingerprint density at radius 3 is 2.67 bits per heavy atom. The quantitative estimate of drug-likeness (QED) is 0.780. The normalized spacial score (nSPS) is 28.4. The van der Waals surface area contributed by atoms with Crippen molar-refractivity contribution in [3.8, 4) is 0 Å². The Morgan fingerprint density at radius 1 is 1.25 bits per heavy atom. The molecule has 6 heteroatoms. The Morgan fingerprint density at radius 2 is 2.00 bits per heavy atom. The summed E-state index contributed by atoms with van der Waals surface area (Å²) in [5, 5.41) is 9.38. The van der Waals surface area contributed by atoms with Gasteiger partial charge in [-0.05, 0) is 56.8 Å². The van der Waals surface area contributed by atoms with E-state index in [1.165, 1.54) is 0 Å². The van der Waals surface area contributed by atoms with Crippen molar-refractivity contribution in [2.45, 2.75) is 45.2 Å². The van der Waals surface area contributed by atoms with Gasteiger partial charge in [0.05, 0.1) is 0 Å². The van der Waals surface area contributed by atoms with Crippen LogP contribution < -0.4 is 16.0 Å². The van der Waals surface area contributed by atoms with E-state index in [1.807, 2.05) is 12.1 Å². The van der Waals surface area contributed by atoms with Crippen molar-refractivity contribution in [3.63, 3.8) is 0 Å². The van der Waals surface area contributed by atoms with Crippen LogP contribution in [-0.2, 0) is 4.79 Å². The van der Waals surface area contributed by atoms with E-state index in [1.54, 1.807) is 12.1 Å². The predicted molar refractivity (Wildman–Crippen MR) is 97.5 cm³/mol. The zero-order valence-electron chi connectivity index (χ0n) is 14.2. The Hall–Kier alpha value is -1.59. The maximum absolute atomic E-state index is 12.4. The molecule has 0 aromatic heterocycles. The van der Waals surface area contributed by atoms with E-state index in [0.29, 0.717) is 17.2 Å². The molecule has 2 aliphatic rings. The summed E-state index contributed by atoms with van der Waals surface area (Å²) in [7, 11) is 0. The summed E-state index contributed by atoms with van der Waals surface area (Å²) in [5.74, 6) is 0.574. The molecule has 2 fully saturated rings. The fourth-order valence-corrected chi connectivity index (χ4v) is 3.15. The molecule has 3 rings (SSSR count). The lowest BCUT2D eigenvalue weighted by molar-refractivity contribution is -0.117. The lowest BCUT2D eigenvalue weighted by Crippen LogP contribution is -2.51. The van der Waals surface area contributed by atoms with Crippen LogP contribution in [0.3, 0.4) is 0 Å². The summed E-state index contributed by atoms with van der Waals surface area (Å²) in [4.78, 5) is 24.4. The van der Waals surface area contributed by atoms with Gasteiger partial charge in [0, 0.05) is 29.3 Å². The number of hydrogen-bond donors (Lipinski definition) is 3. The van der Waals surface area contributed by atoms with Gasteiger partial charge < -0.3 is 16.0 Å². The average molecular weight is 352 g/mol.